The summed E-state index contributed by atoms with van der Waals surface area (Å²) in [6.45, 7) is 17.1. The van der Waals surface area contributed by atoms with E-state index in [1.54, 1.807) is 0 Å². The van der Waals surface area contributed by atoms with Gasteiger partial charge in [-0.1, -0.05) is 60.1 Å². The summed E-state index contributed by atoms with van der Waals surface area (Å²) in [6.07, 6.45) is 5.68. The summed E-state index contributed by atoms with van der Waals surface area (Å²) in [4.78, 5) is 29.2. The van der Waals surface area contributed by atoms with Crippen LogP contribution in [0.2, 0.25) is 0 Å². The van der Waals surface area contributed by atoms with E-state index >= 15 is 0 Å². The van der Waals surface area contributed by atoms with E-state index in [1.807, 2.05) is 26.2 Å². The Bertz CT molecular complexity index is 1210. The topological polar surface area (TPSA) is 64.7 Å². The number of allylic oxidation sites excluding steroid dienone is 2. The van der Waals surface area contributed by atoms with E-state index in [4.69, 9.17) is 0 Å². The minimum Gasteiger partial charge on any atom is -0.348 e. The van der Waals surface area contributed by atoms with Crippen LogP contribution in [0.1, 0.15) is 83.8 Å². The number of hydrogen-bond acceptors (Lipinski definition) is 4. The van der Waals surface area contributed by atoms with Crippen molar-refractivity contribution in [1.82, 2.24) is 0 Å². The van der Waals surface area contributed by atoms with Gasteiger partial charge in [0.05, 0.1) is 0 Å². The molecule has 0 atom stereocenters. The van der Waals surface area contributed by atoms with Gasteiger partial charge in [-0.15, -0.1) is 0 Å². The third-order valence-electron chi connectivity index (χ3n) is 8.69. The van der Waals surface area contributed by atoms with Crippen LogP contribution >= 0.6 is 0 Å². The molecule has 39 heavy (non-hydrogen) atoms. The number of likely N-dealkylation sites (N-methyl/N-ethyl adjacent to an activating group) is 2. The van der Waals surface area contributed by atoms with E-state index in [0.29, 0.717) is 12.8 Å². The lowest BCUT2D eigenvalue weighted by molar-refractivity contribution is -0.117. The predicted octanol–water partition coefficient (Wildman–Crippen LogP) is 7.48. The maximum Gasteiger partial charge on any atom is 0.224 e. The molecule has 208 valence electrons. The number of rotatable bonds is 10. The van der Waals surface area contributed by atoms with Crippen LogP contribution in [0.25, 0.3) is 0 Å². The van der Waals surface area contributed by atoms with Gasteiger partial charge in [0.2, 0.25) is 11.8 Å². The van der Waals surface area contributed by atoms with E-state index in [2.05, 4.69) is 85.6 Å². The van der Waals surface area contributed by atoms with E-state index in [0.717, 1.165) is 66.2 Å². The van der Waals surface area contributed by atoms with Gasteiger partial charge >= 0.3 is 0 Å². The molecule has 0 spiro atoms. The molecule has 0 radical (unpaired) electrons. The molecule has 0 aromatic heterocycles. The molecule has 6 heteroatoms. The fourth-order valence-corrected chi connectivity index (χ4v) is 5.80. The Hall–Kier alpha value is -3.54. The average molecular weight is 529 g/mol. The Morgan fingerprint density at radius 3 is 1.41 bits per heavy atom. The molecule has 2 heterocycles. The summed E-state index contributed by atoms with van der Waals surface area (Å²) < 4.78 is 0. The largest absolute Gasteiger partial charge is 0.348 e. The number of carbonyl (C=O) groups is 2. The van der Waals surface area contributed by atoms with Crippen LogP contribution in [0.4, 0.5) is 22.7 Å². The Kier molecular flexibility index (Phi) is 7.97. The van der Waals surface area contributed by atoms with Gasteiger partial charge in [0.15, 0.2) is 0 Å². The van der Waals surface area contributed by atoms with Crippen molar-refractivity contribution in [2.75, 3.05) is 34.5 Å². The zero-order valence-electron chi connectivity index (χ0n) is 24.5. The summed E-state index contributed by atoms with van der Waals surface area (Å²) in [5.41, 5.74) is 8.17. The fraction of sp³-hybridized carbons (Fsp3) is 0.455. The van der Waals surface area contributed by atoms with Crippen LogP contribution in [0.5, 0.6) is 0 Å². The van der Waals surface area contributed by atoms with Crippen molar-refractivity contribution in [2.45, 2.75) is 83.5 Å². The first kappa shape index (κ1) is 28.5. The Morgan fingerprint density at radius 2 is 1.03 bits per heavy atom. The first-order valence-electron chi connectivity index (χ1n) is 14.1. The Labute approximate surface area is 234 Å². The number of nitrogens with zero attached hydrogens (tertiary/aromatic N) is 2. The second-order valence-electron chi connectivity index (χ2n) is 12.1. The van der Waals surface area contributed by atoms with Gasteiger partial charge in [0.1, 0.15) is 0 Å². The van der Waals surface area contributed by atoms with Crippen LogP contribution in [0, 0.1) is 0 Å². The third-order valence-corrected chi connectivity index (χ3v) is 8.69. The molecule has 0 saturated carbocycles. The monoisotopic (exact) mass is 528 g/mol. The van der Waals surface area contributed by atoms with Crippen molar-refractivity contribution in [2.24, 2.45) is 0 Å². The summed E-state index contributed by atoms with van der Waals surface area (Å²) in [5.74, 6) is 0.0919. The summed E-state index contributed by atoms with van der Waals surface area (Å²) in [5, 5.41) is 6.11. The molecule has 0 bridgehead atoms. The maximum atomic E-state index is 12.5. The molecule has 0 fully saturated rings. The number of fused-ring (bicyclic) bond motifs is 2. The van der Waals surface area contributed by atoms with Crippen LogP contribution in [0.3, 0.4) is 0 Å². The lowest BCUT2D eigenvalue weighted by atomic mass is 9.84. The minimum absolute atomic E-state index is 0.0459. The smallest absolute Gasteiger partial charge is 0.224 e. The molecule has 2 aromatic rings. The van der Waals surface area contributed by atoms with Crippen LogP contribution in [0.15, 0.2) is 61.0 Å². The van der Waals surface area contributed by atoms with E-state index in [1.165, 1.54) is 11.1 Å². The van der Waals surface area contributed by atoms with E-state index in [-0.39, 0.29) is 22.6 Å². The molecular weight excluding hydrogens is 484 g/mol. The number of carbonyl (C=O) groups excluding carboxylic acids is 2. The van der Waals surface area contributed by atoms with Crippen molar-refractivity contribution in [3.05, 3.63) is 72.1 Å². The van der Waals surface area contributed by atoms with E-state index < -0.39 is 0 Å². The molecule has 0 aliphatic carbocycles. The lowest BCUT2D eigenvalue weighted by Crippen LogP contribution is -2.21. The highest BCUT2D eigenvalue weighted by molar-refractivity contribution is 5.92. The minimum atomic E-state index is -0.146. The molecule has 2 amide bonds. The average Bonchev–Trinajstić information content (AvgIpc) is 3.17. The SMILES string of the molecule is C=C1N(C)c2ccc(NC(=O)CCCCCCCC(=O)Nc3ccc4c(c3)C(C)(C)C(=C)N4C)cc2C1(C)C. The van der Waals surface area contributed by atoms with Gasteiger partial charge in [-0.2, -0.15) is 0 Å². The summed E-state index contributed by atoms with van der Waals surface area (Å²) in [7, 11) is 4.07. The predicted molar refractivity (Wildman–Crippen MR) is 164 cm³/mol. The van der Waals surface area contributed by atoms with E-state index in [9.17, 15) is 9.59 Å². The van der Waals surface area contributed by atoms with Crippen LogP contribution in [-0.2, 0) is 20.4 Å². The standard InChI is InChI=1S/C33H44N4O2/c1-22-32(3,4)26-20-24(16-18-28(26)36(22)7)34-30(38)14-12-10-9-11-13-15-31(39)35-25-17-19-29-27(21-25)33(5,6)23(2)37(29)8/h16-21H,1-2,9-15H2,3-8H3,(H,34,38)(H,35,39). The van der Waals surface area contributed by atoms with Crippen LogP contribution < -0.4 is 20.4 Å². The number of hydrogen-bond donors (Lipinski definition) is 2. The van der Waals surface area contributed by atoms with Gasteiger partial charge in [0.25, 0.3) is 0 Å². The highest BCUT2D eigenvalue weighted by Crippen LogP contribution is 2.48. The van der Waals surface area contributed by atoms with Crippen molar-refractivity contribution in [3.63, 3.8) is 0 Å². The second kappa shape index (κ2) is 10.9. The van der Waals surface area contributed by atoms with Crippen molar-refractivity contribution < 1.29 is 9.59 Å². The first-order chi connectivity index (χ1) is 18.3. The Balaban J connectivity index is 1.13. The zero-order valence-corrected chi connectivity index (χ0v) is 24.5. The number of nitrogens with one attached hydrogen (secondary N) is 2. The number of benzene rings is 2. The normalized spacial score (nSPS) is 16.8. The van der Waals surface area contributed by atoms with Crippen LogP contribution in [-0.4, -0.2) is 25.9 Å². The van der Waals surface area contributed by atoms with Gasteiger partial charge < -0.3 is 20.4 Å². The highest BCUT2D eigenvalue weighted by Gasteiger charge is 2.38. The van der Waals surface area contributed by atoms with Crippen molar-refractivity contribution in [1.29, 1.82) is 0 Å². The third kappa shape index (κ3) is 5.61. The molecule has 2 N–H and O–H groups in total. The zero-order chi connectivity index (χ0) is 28.5. The van der Waals surface area contributed by atoms with Gasteiger partial charge in [-0.25, -0.2) is 0 Å². The molecule has 0 saturated heterocycles. The Morgan fingerprint density at radius 1 is 0.667 bits per heavy atom. The maximum absolute atomic E-state index is 12.5. The summed E-state index contributed by atoms with van der Waals surface area (Å²) >= 11 is 0. The molecular formula is C33H44N4O2. The molecule has 6 nitrogen and oxygen atoms in total. The van der Waals surface area contributed by atoms with Gasteiger partial charge in [-0.05, 0) is 60.4 Å². The number of anilines is 4. The quantitative estimate of drug-likeness (QED) is 0.314. The second-order valence-corrected chi connectivity index (χ2v) is 12.1. The fourth-order valence-electron chi connectivity index (χ4n) is 5.80. The van der Waals surface area contributed by atoms with Crippen molar-refractivity contribution >= 4 is 34.6 Å². The molecule has 2 aromatic carbocycles. The van der Waals surface area contributed by atoms with Gasteiger partial charge in [0, 0.05) is 71.9 Å². The van der Waals surface area contributed by atoms with Gasteiger partial charge in [-0.3, -0.25) is 9.59 Å². The molecule has 2 aliphatic heterocycles. The summed E-state index contributed by atoms with van der Waals surface area (Å²) in [6, 6.07) is 12.2. The molecule has 0 unspecified atom stereocenters. The first-order valence-corrected chi connectivity index (χ1v) is 14.1. The van der Waals surface area contributed by atoms with Crippen molar-refractivity contribution in [3.8, 4) is 0 Å². The molecule has 4 rings (SSSR count). The lowest BCUT2D eigenvalue weighted by Gasteiger charge is -2.22. The number of amides is 2. The number of unbranched alkanes of at least 4 members (excludes halogenated alkanes) is 4. The highest BCUT2D eigenvalue weighted by atomic mass is 16.2. The molecule has 2 aliphatic rings.